The Morgan fingerprint density at radius 2 is 2.29 bits per heavy atom. The Morgan fingerprint density at radius 3 is 3.00 bits per heavy atom. The summed E-state index contributed by atoms with van der Waals surface area (Å²) in [4.78, 5) is 10.8. The zero-order valence-electron chi connectivity index (χ0n) is 12.1. The van der Waals surface area contributed by atoms with E-state index < -0.39 is 0 Å². The van der Waals surface area contributed by atoms with Gasteiger partial charge in [-0.2, -0.15) is 5.10 Å². The number of nitrogens with one attached hydrogen (secondary N) is 1. The summed E-state index contributed by atoms with van der Waals surface area (Å²) < 4.78 is 1.56. The van der Waals surface area contributed by atoms with Gasteiger partial charge in [-0.1, -0.05) is 29.8 Å². The lowest BCUT2D eigenvalue weighted by Crippen LogP contribution is -2.33. The maximum atomic E-state index is 10.8. The molecule has 2 aromatic rings. The Kier molecular flexibility index (Phi) is 3.64. The first-order chi connectivity index (χ1) is 10.1. The van der Waals surface area contributed by atoms with Crippen LogP contribution in [0.2, 0.25) is 0 Å². The molecule has 0 unspecified atom stereocenters. The highest BCUT2D eigenvalue weighted by molar-refractivity contribution is 5.73. The van der Waals surface area contributed by atoms with Crippen molar-refractivity contribution in [2.45, 2.75) is 38.3 Å². The average molecular weight is 284 g/mol. The summed E-state index contributed by atoms with van der Waals surface area (Å²) in [5.41, 5.74) is 8.84. The molecule has 0 aliphatic heterocycles. The molecule has 1 aromatic heterocycles. The SMILES string of the molecule is Cc1cccc(C2CC(Nc3cnn(CC(N)=O)c3)C2)c1. The van der Waals surface area contributed by atoms with E-state index in [0.717, 1.165) is 18.5 Å². The minimum absolute atomic E-state index is 0.123. The predicted octanol–water partition coefficient (Wildman–Crippen LogP) is 2.03. The Hall–Kier alpha value is -2.30. The van der Waals surface area contributed by atoms with Gasteiger partial charge in [0.2, 0.25) is 5.91 Å². The second-order valence-electron chi connectivity index (χ2n) is 5.82. The first-order valence-electron chi connectivity index (χ1n) is 7.24. The zero-order chi connectivity index (χ0) is 14.8. The second kappa shape index (κ2) is 5.60. The van der Waals surface area contributed by atoms with Gasteiger partial charge in [0.1, 0.15) is 6.54 Å². The van der Waals surface area contributed by atoms with Gasteiger partial charge in [0, 0.05) is 12.2 Å². The second-order valence-corrected chi connectivity index (χ2v) is 5.82. The van der Waals surface area contributed by atoms with Crippen molar-refractivity contribution in [1.29, 1.82) is 0 Å². The maximum Gasteiger partial charge on any atom is 0.239 e. The molecule has 3 rings (SSSR count). The number of anilines is 1. The van der Waals surface area contributed by atoms with Gasteiger partial charge in [-0.05, 0) is 31.2 Å². The molecule has 5 nitrogen and oxygen atoms in total. The number of nitrogens with two attached hydrogens (primary N) is 1. The van der Waals surface area contributed by atoms with Gasteiger partial charge in [-0.15, -0.1) is 0 Å². The summed E-state index contributed by atoms with van der Waals surface area (Å²) in [6.07, 6.45) is 5.82. The number of hydrogen-bond donors (Lipinski definition) is 2. The van der Waals surface area contributed by atoms with Crippen molar-refractivity contribution in [2.24, 2.45) is 5.73 Å². The molecule has 0 atom stereocenters. The topological polar surface area (TPSA) is 72.9 Å². The highest BCUT2D eigenvalue weighted by Crippen LogP contribution is 2.38. The smallest absolute Gasteiger partial charge is 0.239 e. The zero-order valence-corrected chi connectivity index (χ0v) is 12.1. The van der Waals surface area contributed by atoms with E-state index in [2.05, 4.69) is 41.6 Å². The van der Waals surface area contributed by atoms with Gasteiger partial charge in [-0.25, -0.2) is 0 Å². The van der Waals surface area contributed by atoms with Gasteiger partial charge in [0.25, 0.3) is 0 Å². The summed E-state index contributed by atoms with van der Waals surface area (Å²) in [5, 5.41) is 7.56. The molecule has 1 aliphatic carbocycles. The molecule has 110 valence electrons. The molecular formula is C16H20N4O. The van der Waals surface area contributed by atoms with Crippen LogP contribution in [-0.4, -0.2) is 21.7 Å². The Bertz CT molecular complexity index is 643. The molecular weight excluding hydrogens is 264 g/mol. The summed E-state index contributed by atoms with van der Waals surface area (Å²) in [7, 11) is 0. The number of amides is 1. The fourth-order valence-electron chi connectivity index (χ4n) is 2.85. The molecule has 0 radical (unpaired) electrons. The Labute approximate surface area is 124 Å². The van der Waals surface area contributed by atoms with E-state index in [1.54, 1.807) is 10.9 Å². The van der Waals surface area contributed by atoms with Crippen LogP contribution in [0.4, 0.5) is 5.69 Å². The van der Waals surface area contributed by atoms with Crippen LogP contribution >= 0.6 is 0 Å². The number of nitrogens with zero attached hydrogens (tertiary/aromatic N) is 2. The van der Waals surface area contributed by atoms with Crippen molar-refractivity contribution in [2.75, 3.05) is 5.32 Å². The molecule has 1 amide bonds. The fourth-order valence-corrected chi connectivity index (χ4v) is 2.85. The largest absolute Gasteiger partial charge is 0.380 e. The van der Waals surface area contributed by atoms with Crippen LogP contribution in [0.25, 0.3) is 0 Å². The number of benzene rings is 1. The van der Waals surface area contributed by atoms with Crippen molar-refractivity contribution < 1.29 is 4.79 Å². The third-order valence-electron chi connectivity index (χ3n) is 3.97. The van der Waals surface area contributed by atoms with Crippen LogP contribution in [0.3, 0.4) is 0 Å². The number of carbonyl (C=O) groups is 1. The summed E-state index contributed by atoms with van der Waals surface area (Å²) in [5.74, 6) is 0.260. The normalized spacial score (nSPS) is 20.8. The van der Waals surface area contributed by atoms with Crippen LogP contribution in [0.15, 0.2) is 36.7 Å². The molecule has 3 N–H and O–H groups in total. The minimum atomic E-state index is -0.382. The summed E-state index contributed by atoms with van der Waals surface area (Å²) in [6.45, 7) is 2.25. The van der Waals surface area contributed by atoms with E-state index >= 15 is 0 Å². The standard InChI is InChI=1S/C16H20N4O/c1-11-3-2-4-12(5-11)13-6-14(7-13)19-15-8-18-20(9-15)10-16(17)21/h2-5,8-9,13-14,19H,6-7,10H2,1H3,(H2,17,21). The number of hydrogen-bond acceptors (Lipinski definition) is 3. The lowest BCUT2D eigenvalue weighted by atomic mass is 9.75. The van der Waals surface area contributed by atoms with Crippen molar-refractivity contribution >= 4 is 11.6 Å². The lowest BCUT2D eigenvalue weighted by Gasteiger charge is -2.36. The molecule has 5 heteroatoms. The van der Waals surface area contributed by atoms with E-state index in [4.69, 9.17) is 5.73 Å². The van der Waals surface area contributed by atoms with Crippen LogP contribution in [0, 0.1) is 6.92 Å². The molecule has 21 heavy (non-hydrogen) atoms. The highest BCUT2D eigenvalue weighted by atomic mass is 16.1. The predicted molar refractivity (Wildman–Crippen MR) is 82.0 cm³/mol. The van der Waals surface area contributed by atoms with Crippen LogP contribution in [0.5, 0.6) is 0 Å². The number of rotatable bonds is 5. The number of carbonyl (C=O) groups excluding carboxylic acids is 1. The van der Waals surface area contributed by atoms with Crippen LogP contribution in [0.1, 0.15) is 29.9 Å². The van der Waals surface area contributed by atoms with E-state index in [9.17, 15) is 4.79 Å². The van der Waals surface area contributed by atoms with Gasteiger partial charge in [0.05, 0.1) is 11.9 Å². The Balaban J connectivity index is 1.53. The monoisotopic (exact) mass is 284 g/mol. The highest BCUT2D eigenvalue weighted by Gasteiger charge is 2.30. The van der Waals surface area contributed by atoms with Gasteiger partial charge < -0.3 is 11.1 Å². The minimum Gasteiger partial charge on any atom is -0.380 e. The number of aromatic nitrogens is 2. The molecule has 0 saturated heterocycles. The third kappa shape index (κ3) is 3.24. The van der Waals surface area contributed by atoms with Crippen molar-refractivity contribution in [3.63, 3.8) is 0 Å². The fraction of sp³-hybridized carbons (Fsp3) is 0.375. The van der Waals surface area contributed by atoms with Crippen molar-refractivity contribution in [3.8, 4) is 0 Å². The van der Waals surface area contributed by atoms with E-state index in [0.29, 0.717) is 12.0 Å². The van der Waals surface area contributed by atoms with Crippen molar-refractivity contribution in [3.05, 3.63) is 47.8 Å². The molecule has 1 saturated carbocycles. The summed E-state index contributed by atoms with van der Waals surface area (Å²) in [6, 6.07) is 9.20. The summed E-state index contributed by atoms with van der Waals surface area (Å²) >= 11 is 0. The first-order valence-corrected chi connectivity index (χ1v) is 7.24. The van der Waals surface area contributed by atoms with Gasteiger partial charge in [0.15, 0.2) is 0 Å². The van der Waals surface area contributed by atoms with Gasteiger partial charge in [-0.3, -0.25) is 9.48 Å². The van der Waals surface area contributed by atoms with E-state index in [1.165, 1.54) is 11.1 Å². The molecule has 0 bridgehead atoms. The molecule has 1 heterocycles. The number of primary amides is 1. The van der Waals surface area contributed by atoms with Crippen molar-refractivity contribution in [1.82, 2.24) is 9.78 Å². The molecule has 1 aromatic carbocycles. The quantitative estimate of drug-likeness (QED) is 0.882. The molecule has 1 fully saturated rings. The molecule has 0 spiro atoms. The van der Waals surface area contributed by atoms with E-state index in [1.807, 2.05) is 6.20 Å². The van der Waals surface area contributed by atoms with E-state index in [-0.39, 0.29) is 12.5 Å². The van der Waals surface area contributed by atoms with Crippen LogP contribution in [-0.2, 0) is 11.3 Å². The third-order valence-corrected chi connectivity index (χ3v) is 3.97. The molecule has 1 aliphatic rings. The average Bonchev–Trinajstić information content (AvgIpc) is 2.79. The maximum absolute atomic E-state index is 10.8. The lowest BCUT2D eigenvalue weighted by molar-refractivity contribution is -0.118. The number of aryl methyl sites for hydroxylation is 1. The van der Waals surface area contributed by atoms with Crippen LogP contribution < -0.4 is 11.1 Å². The van der Waals surface area contributed by atoms with Gasteiger partial charge >= 0.3 is 0 Å². The Morgan fingerprint density at radius 1 is 1.48 bits per heavy atom. The first kappa shape index (κ1) is 13.7.